The van der Waals surface area contributed by atoms with Gasteiger partial charge in [0.05, 0.1) is 0 Å². The average molecular weight is 817 g/mol. The van der Waals surface area contributed by atoms with Crippen LogP contribution in [0.2, 0.25) is 0 Å². The molecule has 302 valence electrons. The molecule has 0 aliphatic carbocycles. The van der Waals surface area contributed by atoms with Crippen LogP contribution in [0.4, 0.5) is 34.1 Å². The van der Waals surface area contributed by atoms with Gasteiger partial charge >= 0.3 is 0 Å². The summed E-state index contributed by atoms with van der Waals surface area (Å²) in [5.74, 6) is 0. The van der Waals surface area contributed by atoms with Gasteiger partial charge in [-0.2, -0.15) is 0 Å². The van der Waals surface area contributed by atoms with Crippen LogP contribution in [-0.4, -0.2) is 0 Å². The molecule has 11 rings (SSSR count). The summed E-state index contributed by atoms with van der Waals surface area (Å²) in [6.45, 7) is 0. The van der Waals surface area contributed by atoms with E-state index >= 15 is 0 Å². The Hall–Kier alpha value is -8.46. The largest absolute Gasteiger partial charge is 0.310 e. The standard InChI is InChI=1S/C62H44N2/c1-4-17-45(18-5-1)47-35-38-56(39-36-47)63(54-27-6-2-7-28-54)58-32-14-26-53(44-58)61-34-16-22-48-21-15-33-60(62(48)61)52-25-12-23-49(41-52)51-24-13-31-57(43-51)64(55-29-8-3-9-30-55)59-40-37-46-19-10-11-20-50(46)42-59/h1-44H. The van der Waals surface area contributed by atoms with Crippen molar-refractivity contribution in [3.63, 3.8) is 0 Å². The van der Waals surface area contributed by atoms with Crippen molar-refractivity contribution in [1.29, 1.82) is 0 Å². The molecule has 0 aliphatic rings. The van der Waals surface area contributed by atoms with E-state index < -0.39 is 0 Å². The molecule has 64 heavy (non-hydrogen) atoms. The van der Waals surface area contributed by atoms with Crippen molar-refractivity contribution in [2.24, 2.45) is 0 Å². The van der Waals surface area contributed by atoms with Gasteiger partial charge in [0.25, 0.3) is 0 Å². The van der Waals surface area contributed by atoms with E-state index in [0.717, 1.165) is 45.3 Å². The van der Waals surface area contributed by atoms with Crippen LogP contribution in [0.15, 0.2) is 267 Å². The number of rotatable bonds is 10. The Labute approximate surface area is 375 Å². The number of hydrogen-bond acceptors (Lipinski definition) is 2. The van der Waals surface area contributed by atoms with Gasteiger partial charge in [0.2, 0.25) is 0 Å². The fourth-order valence-electron chi connectivity index (χ4n) is 9.12. The molecular weight excluding hydrogens is 773 g/mol. The number of para-hydroxylation sites is 2. The summed E-state index contributed by atoms with van der Waals surface area (Å²) in [7, 11) is 0. The highest BCUT2D eigenvalue weighted by Crippen LogP contribution is 2.43. The second kappa shape index (κ2) is 17.1. The van der Waals surface area contributed by atoms with Crippen molar-refractivity contribution in [1.82, 2.24) is 0 Å². The fraction of sp³-hybridized carbons (Fsp3) is 0. The molecule has 0 N–H and O–H groups in total. The Morgan fingerprint density at radius 2 is 0.562 bits per heavy atom. The SMILES string of the molecule is c1ccc(-c2ccc(N(c3ccccc3)c3cccc(-c4cccc5cccc(-c6cccc(-c7cccc(N(c8ccccc8)c8ccc9ccccc9c8)c7)c6)c45)c3)cc2)cc1. The number of hydrogen-bond donors (Lipinski definition) is 0. The number of anilines is 6. The first-order valence-corrected chi connectivity index (χ1v) is 21.9. The maximum absolute atomic E-state index is 2.35. The zero-order valence-electron chi connectivity index (χ0n) is 35.3. The maximum atomic E-state index is 2.35. The second-order valence-electron chi connectivity index (χ2n) is 16.2. The summed E-state index contributed by atoms with van der Waals surface area (Å²) in [6, 6.07) is 96.3. The monoisotopic (exact) mass is 816 g/mol. The lowest BCUT2D eigenvalue weighted by atomic mass is 9.90. The molecule has 0 fully saturated rings. The Morgan fingerprint density at radius 3 is 1.20 bits per heavy atom. The molecule has 0 aliphatic heterocycles. The Morgan fingerprint density at radius 1 is 0.188 bits per heavy atom. The van der Waals surface area contributed by atoms with Gasteiger partial charge in [0.15, 0.2) is 0 Å². The van der Waals surface area contributed by atoms with Gasteiger partial charge in [-0.3, -0.25) is 0 Å². The normalized spacial score (nSPS) is 11.1. The lowest BCUT2D eigenvalue weighted by Gasteiger charge is -2.26. The zero-order valence-corrected chi connectivity index (χ0v) is 35.3. The van der Waals surface area contributed by atoms with E-state index in [1.807, 2.05) is 0 Å². The predicted molar refractivity (Wildman–Crippen MR) is 273 cm³/mol. The van der Waals surface area contributed by atoms with E-state index in [1.165, 1.54) is 54.9 Å². The van der Waals surface area contributed by atoms with Gasteiger partial charge in [0.1, 0.15) is 0 Å². The summed E-state index contributed by atoms with van der Waals surface area (Å²) < 4.78 is 0. The molecule has 2 nitrogen and oxygen atoms in total. The first-order valence-electron chi connectivity index (χ1n) is 21.9. The third-order valence-corrected chi connectivity index (χ3v) is 12.2. The lowest BCUT2D eigenvalue weighted by molar-refractivity contribution is 1.28. The van der Waals surface area contributed by atoms with Gasteiger partial charge in [-0.25, -0.2) is 0 Å². The topological polar surface area (TPSA) is 6.48 Å². The van der Waals surface area contributed by atoms with Crippen LogP contribution in [0.25, 0.3) is 66.1 Å². The molecule has 2 heteroatoms. The summed E-state index contributed by atoms with van der Waals surface area (Å²) in [5, 5.41) is 4.89. The molecule has 0 radical (unpaired) electrons. The molecular formula is C62H44N2. The highest BCUT2D eigenvalue weighted by molar-refractivity contribution is 6.07. The molecule has 0 amide bonds. The summed E-state index contributed by atoms with van der Waals surface area (Å²) in [5.41, 5.74) is 16.1. The van der Waals surface area contributed by atoms with Crippen molar-refractivity contribution in [2.45, 2.75) is 0 Å². The molecule has 0 saturated carbocycles. The van der Waals surface area contributed by atoms with Crippen molar-refractivity contribution >= 4 is 55.7 Å². The first-order chi connectivity index (χ1) is 31.7. The van der Waals surface area contributed by atoms with E-state index in [9.17, 15) is 0 Å². The third kappa shape index (κ3) is 7.59. The van der Waals surface area contributed by atoms with Gasteiger partial charge in [-0.15, -0.1) is 0 Å². The number of benzene rings is 11. The minimum absolute atomic E-state index is 1.10. The van der Waals surface area contributed by atoms with E-state index in [4.69, 9.17) is 0 Å². The Balaban J connectivity index is 0.978. The quantitative estimate of drug-likeness (QED) is 0.136. The number of fused-ring (bicyclic) bond motifs is 2. The molecule has 0 unspecified atom stereocenters. The van der Waals surface area contributed by atoms with Crippen molar-refractivity contribution < 1.29 is 0 Å². The van der Waals surface area contributed by atoms with Crippen LogP contribution in [0.3, 0.4) is 0 Å². The van der Waals surface area contributed by atoms with Crippen LogP contribution < -0.4 is 9.80 Å². The minimum atomic E-state index is 1.10. The fourth-order valence-corrected chi connectivity index (χ4v) is 9.12. The van der Waals surface area contributed by atoms with Crippen molar-refractivity contribution in [3.05, 3.63) is 267 Å². The Kier molecular flexibility index (Phi) is 10.3. The van der Waals surface area contributed by atoms with E-state index in [-0.39, 0.29) is 0 Å². The van der Waals surface area contributed by atoms with Crippen LogP contribution in [0, 0.1) is 0 Å². The van der Waals surface area contributed by atoms with Crippen LogP contribution in [-0.2, 0) is 0 Å². The Bertz CT molecular complexity index is 3370. The maximum Gasteiger partial charge on any atom is 0.0468 e. The highest BCUT2D eigenvalue weighted by Gasteiger charge is 2.18. The first kappa shape index (κ1) is 38.5. The summed E-state index contributed by atoms with van der Waals surface area (Å²) >= 11 is 0. The van der Waals surface area contributed by atoms with Crippen LogP contribution >= 0.6 is 0 Å². The van der Waals surface area contributed by atoms with E-state index in [2.05, 4.69) is 277 Å². The van der Waals surface area contributed by atoms with Crippen LogP contribution in [0.1, 0.15) is 0 Å². The molecule has 0 bridgehead atoms. The smallest absolute Gasteiger partial charge is 0.0468 e. The molecule has 11 aromatic rings. The highest BCUT2D eigenvalue weighted by atomic mass is 15.1. The molecule has 0 saturated heterocycles. The molecule has 0 heterocycles. The molecule has 0 atom stereocenters. The van der Waals surface area contributed by atoms with Gasteiger partial charge in [0, 0.05) is 34.1 Å². The van der Waals surface area contributed by atoms with E-state index in [1.54, 1.807) is 0 Å². The van der Waals surface area contributed by atoms with Gasteiger partial charge < -0.3 is 9.80 Å². The van der Waals surface area contributed by atoms with Gasteiger partial charge in [-0.05, 0) is 145 Å². The second-order valence-corrected chi connectivity index (χ2v) is 16.2. The van der Waals surface area contributed by atoms with Crippen molar-refractivity contribution in [2.75, 3.05) is 9.80 Å². The zero-order chi connectivity index (χ0) is 42.7. The van der Waals surface area contributed by atoms with Crippen LogP contribution in [0.5, 0.6) is 0 Å². The summed E-state index contributed by atoms with van der Waals surface area (Å²) in [4.78, 5) is 4.70. The summed E-state index contributed by atoms with van der Waals surface area (Å²) in [6.07, 6.45) is 0. The molecule has 0 aromatic heterocycles. The van der Waals surface area contributed by atoms with Gasteiger partial charge in [-0.1, -0.05) is 188 Å². The molecule has 0 spiro atoms. The minimum Gasteiger partial charge on any atom is -0.310 e. The van der Waals surface area contributed by atoms with Crippen molar-refractivity contribution in [3.8, 4) is 44.5 Å². The van der Waals surface area contributed by atoms with E-state index in [0.29, 0.717) is 0 Å². The molecule has 11 aromatic carbocycles. The predicted octanol–water partition coefficient (Wildman–Crippen LogP) is 17.6. The average Bonchev–Trinajstić information content (AvgIpc) is 3.37. The third-order valence-electron chi connectivity index (χ3n) is 12.2. The number of nitrogens with zero attached hydrogens (tertiary/aromatic N) is 2. The lowest BCUT2D eigenvalue weighted by Crippen LogP contribution is -2.09.